The maximum Gasteiger partial charge on any atom is 0.115 e. The predicted octanol–water partition coefficient (Wildman–Crippen LogP) is 1.54. The molecular formula is C14H16BNO2S. The van der Waals surface area contributed by atoms with Crippen molar-refractivity contribution >= 4 is 24.6 Å². The number of pyridine rings is 1. The third kappa shape index (κ3) is 3.90. The maximum absolute atomic E-state index is 10.2. The fourth-order valence-electron chi connectivity index (χ4n) is 1.98. The van der Waals surface area contributed by atoms with Gasteiger partial charge in [0, 0.05) is 30.3 Å². The van der Waals surface area contributed by atoms with E-state index < -0.39 is 5.60 Å². The second-order valence-corrected chi connectivity index (χ2v) is 5.80. The molecule has 0 aromatic carbocycles. The summed E-state index contributed by atoms with van der Waals surface area (Å²) < 4.78 is 5.00. The molecule has 1 atom stereocenters. The third-order valence-corrected chi connectivity index (χ3v) is 3.74. The molecule has 2 rings (SSSR count). The Balaban J connectivity index is 2.20. The minimum atomic E-state index is -0.908. The molecule has 2 heterocycles. The molecule has 0 aliphatic carbocycles. The van der Waals surface area contributed by atoms with Crippen LogP contribution in [0.1, 0.15) is 12.6 Å². The SMILES string of the molecule is [B]c1csc(-c2ccnc(CC(C)(O)COC)c2)c1. The monoisotopic (exact) mass is 273 g/mol. The van der Waals surface area contributed by atoms with E-state index in [2.05, 4.69) is 4.98 Å². The van der Waals surface area contributed by atoms with Gasteiger partial charge in [-0.1, -0.05) is 11.5 Å². The number of aliphatic hydroxyl groups is 1. The molecule has 0 bridgehead atoms. The Morgan fingerprint density at radius 2 is 2.26 bits per heavy atom. The molecule has 0 fully saturated rings. The first-order valence-corrected chi connectivity index (χ1v) is 6.89. The van der Waals surface area contributed by atoms with Crippen molar-refractivity contribution in [3.63, 3.8) is 0 Å². The molecule has 1 unspecified atom stereocenters. The first kappa shape index (κ1) is 14.2. The molecule has 0 spiro atoms. The highest BCUT2D eigenvalue weighted by atomic mass is 32.1. The largest absolute Gasteiger partial charge is 0.387 e. The summed E-state index contributed by atoms with van der Waals surface area (Å²) in [5.74, 6) is 0. The summed E-state index contributed by atoms with van der Waals surface area (Å²) in [5, 5.41) is 12.1. The van der Waals surface area contributed by atoms with Crippen molar-refractivity contribution in [3.05, 3.63) is 35.5 Å². The van der Waals surface area contributed by atoms with Crippen molar-refractivity contribution in [1.29, 1.82) is 0 Å². The molecule has 2 radical (unpaired) electrons. The van der Waals surface area contributed by atoms with Crippen LogP contribution < -0.4 is 5.46 Å². The molecular weight excluding hydrogens is 257 g/mol. The van der Waals surface area contributed by atoms with Crippen LogP contribution in [0.2, 0.25) is 0 Å². The summed E-state index contributed by atoms with van der Waals surface area (Å²) in [6.45, 7) is 2.03. The fraction of sp³-hybridized carbons (Fsp3) is 0.357. The van der Waals surface area contributed by atoms with Gasteiger partial charge in [0.05, 0.1) is 12.2 Å². The van der Waals surface area contributed by atoms with Crippen molar-refractivity contribution in [2.24, 2.45) is 0 Å². The molecule has 0 amide bonds. The van der Waals surface area contributed by atoms with Crippen LogP contribution in [0, 0.1) is 0 Å². The van der Waals surface area contributed by atoms with Gasteiger partial charge in [0.25, 0.3) is 0 Å². The molecule has 5 heteroatoms. The lowest BCUT2D eigenvalue weighted by Crippen LogP contribution is -2.33. The van der Waals surface area contributed by atoms with Gasteiger partial charge in [-0.05, 0) is 30.0 Å². The predicted molar refractivity (Wildman–Crippen MR) is 79.1 cm³/mol. The maximum atomic E-state index is 10.2. The number of ether oxygens (including phenoxy) is 1. The zero-order chi connectivity index (χ0) is 13.9. The number of nitrogens with zero attached hydrogens (tertiary/aromatic N) is 1. The van der Waals surface area contributed by atoms with Crippen LogP contribution in [-0.4, -0.2) is 37.3 Å². The summed E-state index contributed by atoms with van der Waals surface area (Å²) >= 11 is 1.60. The lowest BCUT2D eigenvalue weighted by atomic mass is 9.98. The summed E-state index contributed by atoms with van der Waals surface area (Å²) in [6, 6.07) is 5.87. The number of hydrogen-bond donors (Lipinski definition) is 1. The van der Waals surface area contributed by atoms with Crippen molar-refractivity contribution < 1.29 is 9.84 Å². The van der Waals surface area contributed by atoms with E-state index in [0.717, 1.165) is 21.6 Å². The Labute approximate surface area is 118 Å². The van der Waals surface area contributed by atoms with Crippen LogP contribution in [0.3, 0.4) is 0 Å². The van der Waals surface area contributed by atoms with Gasteiger partial charge < -0.3 is 9.84 Å². The van der Waals surface area contributed by atoms with E-state index in [9.17, 15) is 5.11 Å². The Bertz CT molecular complexity index is 554. The summed E-state index contributed by atoms with van der Waals surface area (Å²) in [7, 11) is 7.31. The fourth-order valence-corrected chi connectivity index (χ4v) is 2.78. The zero-order valence-electron chi connectivity index (χ0n) is 11.1. The standard InChI is InChI=1S/C14H16BNO2S/c1-14(17,9-18-2)7-12-5-10(3-4-16-12)13-6-11(15)8-19-13/h3-6,8,17H,7,9H2,1-2H3. The van der Waals surface area contributed by atoms with E-state index in [1.165, 1.54) is 0 Å². The van der Waals surface area contributed by atoms with Crippen molar-refractivity contribution in [2.45, 2.75) is 18.9 Å². The molecule has 98 valence electrons. The van der Waals surface area contributed by atoms with E-state index >= 15 is 0 Å². The number of aromatic nitrogens is 1. The Kier molecular flexibility index (Phi) is 4.40. The quantitative estimate of drug-likeness (QED) is 0.840. The van der Waals surface area contributed by atoms with Gasteiger partial charge in [0.2, 0.25) is 0 Å². The molecule has 2 aromatic rings. The highest BCUT2D eigenvalue weighted by molar-refractivity contribution is 7.14. The topological polar surface area (TPSA) is 42.4 Å². The molecule has 0 aliphatic heterocycles. The van der Waals surface area contributed by atoms with E-state index in [1.54, 1.807) is 31.6 Å². The van der Waals surface area contributed by atoms with Gasteiger partial charge >= 0.3 is 0 Å². The molecule has 0 saturated carbocycles. The normalized spacial score (nSPS) is 14.3. The van der Waals surface area contributed by atoms with Gasteiger partial charge in [0.1, 0.15) is 7.85 Å². The van der Waals surface area contributed by atoms with Crippen LogP contribution in [0.5, 0.6) is 0 Å². The van der Waals surface area contributed by atoms with Crippen molar-refractivity contribution in [1.82, 2.24) is 4.98 Å². The molecule has 3 nitrogen and oxygen atoms in total. The molecule has 1 N–H and O–H groups in total. The molecule has 2 aromatic heterocycles. The first-order valence-electron chi connectivity index (χ1n) is 6.01. The lowest BCUT2D eigenvalue weighted by molar-refractivity contribution is -0.0167. The summed E-state index contributed by atoms with van der Waals surface area (Å²) in [6.07, 6.45) is 2.21. The minimum Gasteiger partial charge on any atom is -0.387 e. The average molecular weight is 273 g/mol. The smallest absolute Gasteiger partial charge is 0.115 e. The van der Waals surface area contributed by atoms with E-state index in [0.29, 0.717) is 6.42 Å². The first-order chi connectivity index (χ1) is 9.00. The number of methoxy groups -OCH3 is 1. The zero-order valence-corrected chi connectivity index (χ0v) is 11.9. The lowest BCUT2D eigenvalue weighted by Gasteiger charge is -2.21. The molecule has 0 aliphatic rings. The van der Waals surface area contributed by atoms with Gasteiger partial charge in [0.15, 0.2) is 0 Å². The summed E-state index contributed by atoms with van der Waals surface area (Å²) in [5.41, 5.74) is 1.77. The van der Waals surface area contributed by atoms with Crippen molar-refractivity contribution in [2.75, 3.05) is 13.7 Å². The van der Waals surface area contributed by atoms with Crippen LogP contribution in [0.25, 0.3) is 10.4 Å². The van der Waals surface area contributed by atoms with Gasteiger partial charge in [-0.2, -0.15) is 0 Å². The van der Waals surface area contributed by atoms with Crippen LogP contribution in [-0.2, 0) is 11.2 Å². The Morgan fingerprint density at radius 1 is 1.47 bits per heavy atom. The van der Waals surface area contributed by atoms with Crippen molar-refractivity contribution in [3.8, 4) is 10.4 Å². The minimum absolute atomic E-state index is 0.283. The van der Waals surface area contributed by atoms with Gasteiger partial charge in [-0.3, -0.25) is 4.98 Å². The van der Waals surface area contributed by atoms with Gasteiger partial charge in [-0.15, -0.1) is 11.3 Å². The number of hydrogen-bond acceptors (Lipinski definition) is 4. The Hall–Kier alpha value is -1.17. The number of thiophene rings is 1. The third-order valence-electron chi connectivity index (χ3n) is 2.74. The van der Waals surface area contributed by atoms with Gasteiger partial charge in [-0.25, -0.2) is 0 Å². The average Bonchev–Trinajstić information content (AvgIpc) is 2.75. The second-order valence-electron chi connectivity index (χ2n) is 4.89. The van der Waals surface area contributed by atoms with E-state index in [4.69, 9.17) is 12.6 Å². The number of rotatable bonds is 5. The van der Waals surface area contributed by atoms with Crippen LogP contribution in [0.4, 0.5) is 0 Å². The Morgan fingerprint density at radius 3 is 2.89 bits per heavy atom. The molecule has 0 saturated heterocycles. The van der Waals surface area contributed by atoms with E-state index in [1.807, 2.05) is 23.6 Å². The highest BCUT2D eigenvalue weighted by Crippen LogP contribution is 2.24. The van der Waals surface area contributed by atoms with Crippen LogP contribution in [0.15, 0.2) is 29.8 Å². The molecule has 19 heavy (non-hydrogen) atoms. The summed E-state index contributed by atoms with van der Waals surface area (Å²) in [4.78, 5) is 5.40. The highest BCUT2D eigenvalue weighted by Gasteiger charge is 2.21. The van der Waals surface area contributed by atoms with E-state index in [-0.39, 0.29) is 6.61 Å². The van der Waals surface area contributed by atoms with Crippen LogP contribution >= 0.6 is 11.3 Å². The second kappa shape index (κ2) is 5.86.